The molecule has 6 heteroatoms. The van der Waals surface area contributed by atoms with Crippen molar-refractivity contribution in [3.63, 3.8) is 0 Å². The fourth-order valence-electron chi connectivity index (χ4n) is 8.82. The summed E-state index contributed by atoms with van der Waals surface area (Å²) in [4.78, 5) is 38.3. The van der Waals surface area contributed by atoms with Gasteiger partial charge >= 0.3 is 17.9 Å². The van der Waals surface area contributed by atoms with Crippen LogP contribution in [-0.4, -0.2) is 37.2 Å². The second-order valence-corrected chi connectivity index (χ2v) is 20.6. The number of hydrogen-bond acceptors (Lipinski definition) is 6. The Hall–Kier alpha value is -3.15. The van der Waals surface area contributed by atoms with Gasteiger partial charge in [0, 0.05) is 19.3 Å². The van der Waals surface area contributed by atoms with E-state index >= 15 is 0 Å². The zero-order chi connectivity index (χ0) is 52.2. The fourth-order valence-corrected chi connectivity index (χ4v) is 8.82. The summed E-state index contributed by atoms with van der Waals surface area (Å²) in [6, 6.07) is 0. The number of rotatable bonds is 56. The first-order valence-electron chi connectivity index (χ1n) is 30.9. The van der Waals surface area contributed by atoms with Crippen LogP contribution in [0.4, 0.5) is 0 Å². The van der Waals surface area contributed by atoms with Gasteiger partial charge in [-0.05, 0) is 89.9 Å². The molecule has 0 saturated heterocycles. The number of unbranched alkanes of at least 4 members (excludes halogenated alkanes) is 33. The summed E-state index contributed by atoms with van der Waals surface area (Å²) < 4.78 is 16.9. The molecule has 72 heavy (non-hydrogen) atoms. The van der Waals surface area contributed by atoms with Crippen molar-refractivity contribution in [1.82, 2.24) is 0 Å². The molecule has 0 aromatic carbocycles. The molecule has 0 aromatic rings. The Kier molecular flexibility index (Phi) is 57.8. The number of ether oxygens (including phenoxy) is 3. The van der Waals surface area contributed by atoms with Crippen LogP contribution in [0, 0.1) is 0 Å². The van der Waals surface area contributed by atoms with E-state index in [2.05, 4.69) is 93.7 Å². The molecule has 0 aromatic heterocycles. The van der Waals surface area contributed by atoms with E-state index in [0.717, 1.165) is 103 Å². The van der Waals surface area contributed by atoms with E-state index in [9.17, 15) is 14.4 Å². The number of esters is 3. The zero-order valence-electron chi connectivity index (χ0n) is 47.7. The normalized spacial score (nSPS) is 12.5. The van der Waals surface area contributed by atoms with Crippen molar-refractivity contribution in [2.24, 2.45) is 0 Å². The highest BCUT2D eigenvalue weighted by Gasteiger charge is 2.19. The van der Waals surface area contributed by atoms with Crippen molar-refractivity contribution < 1.29 is 28.6 Å². The molecule has 0 rings (SSSR count). The second-order valence-electron chi connectivity index (χ2n) is 20.6. The molecule has 0 bridgehead atoms. The molecule has 0 aliphatic rings. The minimum Gasteiger partial charge on any atom is -0.462 e. The maximum Gasteiger partial charge on any atom is 0.306 e. The van der Waals surface area contributed by atoms with E-state index in [1.165, 1.54) is 167 Å². The molecule has 0 amide bonds. The largest absolute Gasteiger partial charge is 0.462 e. The van der Waals surface area contributed by atoms with Gasteiger partial charge in [-0.2, -0.15) is 0 Å². The van der Waals surface area contributed by atoms with Crippen LogP contribution in [0.1, 0.15) is 310 Å². The topological polar surface area (TPSA) is 78.9 Å². The molecule has 0 spiro atoms. The highest BCUT2D eigenvalue weighted by atomic mass is 16.6. The maximum atomic E-state index is 12.9. The molecule has 0 saturated carbocycles. The van der Waals surface area contributed by atoms with Crippen LogP contribution in [0.3, 0.4) is 0 Å². The summed E-state index contributed by atoms with van der Waals surface area (Å²) in [5.41, 5.74) is 0. The standard InChI is InChI=1S/C66H116O6/c1-4-7-10-13-16-19-22-25-28-31-33-36-38-41-44-47-50-53-56-59-65(68)71-62-63(61-70-64(67)58-55-52-49-46-43-40-37-34-30-27-24-21-18-15-12-9-6-3)72-66(69)60-57-54-51-48-45-42-39-35-32-29-26-23-20-17-14-11-8-5-2/h9,12,16,18-19,21,25,27-28,30,37,40,63H,4-8,10-11,13-15,17,20,22-24,26,29,31-36,38-39,41-62H2,1-3H3/b12-9-,19-16-,21-18-,28-25-,30-27-,40-37-. The van der Waals surface area contributed by atoms with E-state index in [1.807, 2.05) is 0 Å². The first-order chi connectivity index (χ1) is 35.5. The predicted octanol–water partition coefficient (Wildman–Crippen LogP) is 20.9. The third kappa shape index (κ3) is 57.7. The lowest BCUT2D eigenvalue weighted by Crippen LogP contribution is -2.30. The SMILES string of the molecule is CC/C=C\C/C=C\C/C=C\C/C=C\CCCCCCC(=O)OCC(COC(=O)CCCCCCCCCCC/C=C\C/C=C\CCCCC)OC(=O)CCCCCCCCCCCCCCCCCCCC. The van der Waals surface area contributed by atoms with Crippen molar-refractivity contribution in [2.45, 2.75) is 316 Å². The summed E-state index contributed by atoms with van der Waals surface area (Å²) in [5, 5.41) is 0. The van der Waals surface area contributed by atoms with Gasteiger partial charge in [0.2, 0.25) is 0 Å². The summed E-state index contributed by atoms with van der Waals surface area (Å²) in [7, 11) is 0. The van der Waals surface area contributed by atoms with Crippen LogP contribution in [0.5, 0.6) is 0 Å². The van der Waals surface area contributed by atoms with Crippen molar-refractivity contribution in [2.75, 3.05) is 13.2 Å². The molecule has 416 valence electrons. The van der Waals surface area contributed by atoms with Gasteiger partial charge in [-0.15, -0.1) is 0 Å². The number of carbonyl (C=O) groups is 3. The Balaban J connectivity index is 4.40. The van der Waals surface area contributed by atoms with E-state index in [1.54, 1.807) is 0 Å². The molecular formula is C66H116O6. The van der Waals surface area contributed by atoms with E-state index < -0.39 is 6.10 Å². The molecule has 0 fully saturated rings. The lowest BCUT2D eigenvalue weighted by molar-refractivity contribution is -0.167. The molecule has 0 aliphatic heterocycles. The van der Waals surface area contributed by atoms with E-state index in [0.29, 0.717) is 19.3 Å². The van der Waals surface area contributed by atoms with E-state index in [-0.39, 0.29) is 31.1 Å². The van der Waals surface area contributed by atoms with Crippen molar-refractivity contribution >= 4 is 17.9 Å². The monoisotopic (exact) mass is 1000 g/mol. The van der Waals surface area contributed by atoms with Gasteiger partial charge in [0.05, 0.1) is 0 Å². The number of hydrogen-bond donors (Lipinski definition) is 0. The number of allylic oxidation sites excluding steroid dienone is 12. The minimum absolute atomic E-state index is 0.0831. The molecule has 6 nitrogen and oxygen atoms in total. The van der Waals surface area contributed by atoms with Gasteiger partial charge in [-0.1, -0.05) is 273 Å². The Labute approximate surface area is 446 Å². The van der Waals surface area contributed by atoms with Crippen LogP contribution in [-0.2, 0) is 28.6 Å². The van der Waals surface area contributed by atoms with Gasteiger partial charge in [0.25, 0.3) is 0 Å². The van der Waals surface area contributed by atoms with Crippen LogP contribution < -0.4 is 0 Å². The maximum absolute atomic E-state index is 12.9. The fraction of sp³-hybridized carbons (Fsp3) is 0.773. The predicted molar refractivity (Wildman–Crippen MR) is 311 cm³/mol. The Bertz CT molecular complexity index is 1340. The lowest BCUT2D eigenvalue weighted by atomic mass is 10.0. The van der Waals surface area contributed by atoms with E-state index in [4.69, 9.17) is 14.2 Å². The smallest absolute Gasteiger partial charge is 0.306 e. The quantitative estimate of drug-likeness (QED) is 0.0261. The Morgan fingerprint density at radius 1 is 0.292 bits per heavy atom. The van der Waals surface area contributed by atoms with Gasteiger partial charge in [0.1, 0.15) is 13.2 Å². The highest BCUT2D eigenvalue weighted by molar-refractivity contribution is 5.71. The second kappa shape index (κ2) is 60.4. The van der Waals surface area contributed by atoms with Crippen LogP contribution >= 0.6 is 0 Å². The molecule has 1 atom stereocenters. The summed E-state index contributed by atoms with van der Waals surface area (Å²) >= 11 is 0. The highest BCUT2D eigenvalue weighted by Crippen LogP contribution is 2.17. The summed E-state index contributed by atoms with van der Waals surface area (Å²) in [5.74, 6) is -0.896. The number of carbonyl (C=O) groups excluding carboxylic acids is 3. The lowest BCUT2D eigenvalue weighted by Gasteiger charge is -2.18. The zero-order valence-corrected chi connectivity index (χ0v) is 47.7. The third-order valence-electron chi connectivity index (χ3n) is 13.4. The molecule has 1 unspecified atom stereocenters. The summed E-state index contributed by atoms with van der Waals surface area (Å²) in [6.07, 6.45) is 77.5. The van der Waals surface area contributed by atoms with Gasteiger partial charge in [-0.3, -0.25) is 14.4 Å². The Morgan fingerprint density at radius 3 is 0.875 bits per heavy atom. The molecule has 0 heterocycles. The molecule has 0 radical (unpaired) electrons. The first-order valence-corrected chi connectivity index (χ1v) is 30.9. The van der Waals surface area contributed by atoms with Crippen molar-refractivity contribution in [1.29, 1.82) is 0 Å². The van der Waals surface area contributed by atoms with Crippen molar-refractivity contribution in [3.8, 4) is 0 Å². The van der Waals surface area contributed by atoms with Crippen molar-refractivity contribution in [3.05, 3.63) is 72.9 Å². The van der Waals surface area contributed by atoms with Gasteiger partial charge in [-0.25, -0.2) is 0 Å². The van der Waals surface area contributed by atoms with Crippen LogP contribution in [0.15, 0.2) is 72.9 Å². The van der Waals surface area contributed by atoms with Gasteiger partial charge in [0.15, 0.2) is 6.10 Å². The molecule has 0 aliphatic carbocycles. The third-order valence-corrected chi connectivity index (χ3v) is 13.4. The van der Waals surface area contributed by atoms with Crippen LogP contribution in [0.25, 0.3) is 0 Å². The summed E-state index contributed by atoms with van der Waals surface area (Å²) in [6.45, 7) is 6.52. The van der Waals surface area contributed by atoms with Crippen LogP contribution in [0.2, 0.25) is 0 Å². The Morgan fingerprint density at radius 2 is 0.542 bits per heavy atom. The van der Waals surface area contributed by atoms with Gasteiger partial charge < -0.3 is 14.2 Å². The minimum atomic E-state index is -0.787. The average molecular weight is 1010 g/mol. The first kappa shape index (κ1) is 68.8. The molecule has 0 N–H and O–H groups in total. The average Bonchev–Trinajstić information content (AvgIpc) is 3.38. The molecular weight excluding hydrogens is 889 g/mol.